The lowest BCUT2D eigenvalue weighted by Crippen LogP contribution is -2.16. The zero-order valence-corrected chi connectivity index (χ0v) is 37.9. The first-order valence-corrected chi connectivity index (χ1v) is 23.4. The van der Waals surface area contributed by atoms with Crippen LogP contribution in [0.4, 0.5) is 0 Å². The van der Waals surface area contributed by atoms with Gasteiger partial charge < -0.3 is 56.8 Å². The monoisotopic (exact) mass is 888 g/mol. The van der Waals surface area contributed by atoms with E-state index in [-0.39, 0.29) is 18.1 Å². The molecule has 0 heterocycles. The average Bonchev–Trinajstić information content (AvgIpc) is 3.26. The molecule has 0 aliphatic rings. The molecular formula is C45H76O15S. The predicted molar refractivity (Wildman–Crippen MR) is 232 cm³/mol. The summed E-state index contributed by atoms with van der Waals surface area (Å²) in [6, 6.07) is 14.9. The first-order chi connectivity index (χ1) is 30.0. The van der Waals surface area contributed by atoms with E-state index in [0.717, 1.165) is 17.7 Å². The second-order valence-corrected chi connectivity index (χ2v) is 15.5. The highest BCUT2D eigenvalue weighted by Gasteiger charge is 2.14. The van der Waals surface area contributed by atoms with Crippen molar-refractivity contribution in [1.29, 1.82) is 0 Å². The third-order valence-electron chi connectivity index (χ3n) is 8.73. The summed E-state index contributed by atoms with van der Waals surface area (Å²) in [7, 11) is -3.78. The standard InChI is InChI=1S/C45H76O15S/c1-3-4-5-6-7-8-9-43-12-14-44(15-13-43)59-40-38-57-36-34-55-32-30-53-28-26-51-24-22-49-20-18-48-19-21-50-23-25-52-27-29-54-31-33-56-35-37-58-39-41-60-61(46,47)45-16-10-42(2)11-17-45/h10-17H,3-9,18-41H2,1-2H3. The Labute approximate surface area is 366 Å². The lowest BCUT2D eigenvalue weighted by molar-refractivity contribution is -0.0279. The number of ether oxygens (including phenoxy) is 12. The smallest absolute Gasteiger partial charge is 0.297 e. The van der Waals surface area contributed by atoms with E-state index in [1.807, 2.05) is 19.1 Å². The van der Waals surface area contributed by atoms with Gasteiger partial charge in [0.25, 0.3) is 10.1 Å². The summed E-state index contributed by atoms with van der Waals surface area (Å²) in [5.41, 5.74) is 2.35. The number of rotatable bonds is 46. The largest absolute Gasteiger partial charge is 0.491 e. The normalized spacial score (nSPS) is 11.8. The third-order valence-corrected chi connectivity index (χ3v) is 10.1. The molecule has 0 radical (unpaired) electrons. The molecule has 0 saturated heterocycles. The average molecular weight is 889 g/mol. The van der Waals surface area contributed by atoms with Gasteiger partial charge in [-0.3, -0.25) is 4.18 Å². The summed E-state index contributed by atoms with van der Waals surface area (Å²) in [4.78, 5) is 0.127. The van der Waals surface area contributed by atoms with E-state index < -0.39 is 10.1 Å². The predicted octanol–water partition coefficient (Wildman–Crippen LogP) is 5.86. The Kier molecular flexibility index (Phi) is 36.4. The van der Waals surface area contributed by atoms with Crippen LogP contribution < -0.4 is 4.74 Å². The van der Waals surface area contributed by atoms with Crippen molar-refractivity contribution in [3.8, 4) is 5.75 Å². The molecule has 0 unspecified atom stereocenters. The molecule has 0 aromatic heterocycles. The molecule has 0 N–H and O–H groups in total. The second-order valence-electron chi connectivity index (χ2n) is 13.8. The fourth-order valence-corrected chi connectivity index (χ4v) is 6.25. The van der Waals surface area contributed by atoms with E-state index in [1.54, 1.807) is 12.1 Å². The number of aryl methyl sites for hydroxylation is 2. The minimum Gasteiger partial charge on any atom is -0.491 e. The van der Waals surface area contributed by atoms with E-state index in [9.17, 15) is 8.42 Å². The number of unbranched alkanes of at least 4 members (excludes halogenated alkanes) is 5. The molecule has 0 aliphatic heterocycles. The summed E-state index contributed by atoms with van der Waals surface area (Å²) >= 11 is 0. The quantitative estimate of drug-likeness (QED) is 0.0575. The Hall–Kier alpha value is -2.29. The molecular weight excluding hydrogens is 813 g/mol. The SMILES string of the molecule is CCCCCCCCc1ccc(OCCOCCOCCOCCOCCOCCOCCOCCOCCOCCOCCOCCOS(=O)(=O)c2ccc(C)cc2)cc1. The van der Waals surface area contributed by atoms with Crippen LogP contribution in [0.3, 0.4) is 0 Å². The topological polar surface area (TPSA) is 154 Å². The first kappa shape index (κ1) is 54.8. The van der Waals surface area contributed by atoms with Gasteiger partial charge in [0.2, 0.25) is 0 Å². The number of hydrogen-bond donors (Lipinski definition) is 0. The summed E-state index contributed by atoms with van der Waals surface area (Å²) in [5, 5.41) is 0. The van der Waals surface area contributed by atoms with Gasteiger partial charge in [-0.25, -0.2) is 0 Å². The molecule has 0 amide bonds. The van der Waals surface area contributed by atoms with Crippen LogP contribution in [0.15, 0.2) is 53.4 Å². The Morgan fingerprint density at radius 2 is 0.705 bits per heavy atom. The van der Waals surface area contributed by atoms with Crippen LogP contribution in [0, 0.1) is 6.92 Å². The van der Waals surface area contributed by atoms with E-state index in [4.69, 9.17) is 61.0 Å². The number of hydrogen-bond acceptors (Lipinski definition) is 15. The molecule has 0 spiro atoms. The zero-order chi connectivity index (χ0) is 43.6. The molecule has 0 bridgehead atoms. The van der Waals surface area contributed by atoms with E-state index in [1.165, 1.54) is 56.2 Å². The van der Waals surface area contributed by atoms with Crippen molar-refractivity contribution < 1.29 is 69.4 Å². The van der Waals surface area contributed by atoms with Crippen molar-refractivity contribution in [3.05, 3.63) is 59.7 Å². The van der Waals surface area contributed by atoms with Crippen LogP contribution in [-0.4, -0.2) is 167 Å². The number of benzene rings is 2. The molecule has 16 heteroatoms. The maximum Gasteiger partial charge on any atom is 0.297 e. The van der Waals surface area contributed by atoms with Gasteiger partial charge in [0.05, 0.1) is 157 Å². The Balaban J connectivity index is 1.17. The summed E-state index contributed by atoms with van der Waals surface area (Å²) < 4.78 is 95.4. The minimum absolute atomic E-state index is 0.0617. The molecule has 2 rings (SSSR count). The molecule has 0 fully saturated rings. The van der Waals surface area contributed by atoms with Crippen molar-refractivity contribution in [2.75, 3.05) is 159 Å². The second kappa shape index (κ2) is 40.5. The lowest BCUT2D eigenvalue weighted by atomic mass is 10.0. The Bertz CT molecular complexity index is 1330. The van der Waals surface area contributed by atoms with E-state index in [2.05, 4.69) is 19.1 Å². The lowest BCUT2D eigenvalue weighted by Gasteiger charge is -2.09. The van der Waals surface area contributed by atoms with Gasteiger partial charge in [-0.15, -0.1) is 0 Å². The fourth-order valence-electron chi connectivity index (χ4n) is 5.36. The van der Waals surface area contributed by atoms with Crippen molar-refractivity contribution in [3.63, 3.8) is 0 Å². The van der Waals surface area contributed by atoms with E-state index >= 15 is 0 Å². The van der Waals surface area contributed by atoms with Gasteiger partial charge in [0, 0.05) is 0 Å². The third kappa shape index (κ3) is 33.9. The molecule has 0 aliphatic carbocycles. The molecule has 0 atom stereocenters. The van der Waals surface area contributed by atoms with Gasteiger partial charge in [0.15, 0.2) is 0 Å². The van der Waals surface area contributed by atoms with Crippen molar-refractivity contribution >= 4 is 10.1 Å². The minimum atomic E-state index is -3.78. The maximum atomic E-state index is 12.1. The van der Waals surface area contributed by atoms with E-state index in [0.29, 0.717) is 145 Å². The summed E-state index contributed by atoms with van der Waals surface area (Å²) in [6.45, 7) is 14.6. The molecule has 2 aromatic rings. The Morgan fingerprint density at radius 1 is 0.377 bits per heavy atom. The van der Waals surface area contributed by atoms with Crippen LogP contribution in [-0.2, 0) is 72.8 Å². The van der Waals surface area contributed by atoms with Crippen LogP contribution in [0.25, 0.3) is 0 Å². The van der Waals surface area contributed by atoms with Crippen molar-refractivity contribution in [1.82, 2.24) is 0 Å². The summed E-state index contributed by atoms with van der Waals surface area (Å²) in [6.07, 6.45) is 9.05. The Morgan fingerprint density at radius 3 is 1.08 bits per heavy atom. The van der Waals surface area contributed by atoms with Crippen molar-refractivity contribution in [2.24, 2.45) is 0 Å². The molecule has 15 nitrogen and oxygen atoms in total. The van der Waals surface area contributed by atoms with Crippen LogP contribution in [0.1, 0.15) is 56.6 Å². The van der Waals surface area contributed by atoms with Crippen LogP contribution >= 0.6 is 0 Å². The van der Waals surface area contributed by atoms with Crippen molar-refractivity contribution in [2.45, 2.75) is 63.7 Å². The van der Waals surface area contributed by atoms with Crippen LogP contribution in [0.2, 0.25) is 0 Å². The fraction of sp³-hybridized carbons (Fsp3) is 0.733. The molecule has 61 heavy (non-hydrogen) atoms. The zero-order valence-electron chi connectivity index (χ0n) is 37.1. The van der Waals surface area contributed by atoms with Gasteiger partial charge >= 0.3 is 0 Å². The highest BCUT2D eigenvalue weighted by atomic mass is 32.2. The van der Waals surface area contributed by atoms with Gasteiger partial charge in [-0.1, -0.05) is 68.9 Å². The van der Waals surface area contributed by atoms with Gasteiger partial charge in [-0.2, -0.15) is 8.42 Å². The van der Waals surface area contributed by atoms with Gasteiger partial charge in [-0.05, 0) is 49.6 Å². The van der Waals surface area contributed by atoms with Gasteiger partial charge in [0.1, 0.15) is 12.4 Å². The molecule has 352 valence electrons. The highest BCUT2D eigenvalue weighted by Crippen LogP contribution is 2.15. The first-order valence-electron chi connectivity index (χ1n) is 22.0. The molecule has 2 aromatic carbocycles. The highest BCUT2D eigenvalue weighted by molar-refractivity contribution is 7.86. The summed E-state index contributed by atoms with van der Waals surface area (Å²) in [5.74, 6) is 0.878. The van der Waals surface area contributed by atoms with Crippen LogP contribution in [0.5, 0.6) is 5.75 Å². The maximum absolute atomic E-state index is 12.1. The molecule has 0 saturated carbocycles.